The van der Waals surface area contributed by atoms with E-state index in [4.69, 9.17) is 4.74 Å². The summed E-state index contributed by atoms with van der Waals surface area (Å²) in [5, 5.41) is 7.29. The van der Waals surface area contributed by atoms with Crippen LogP contribution in [0.3, 0.4) is 0 Å². The third kappa shape index (κ3) is 3.56. The third-order valence-corrected chi connectivity index (χ3v) is 4.95. The number of amides is 1. The molecule has 2 rings (SSSR count). The number of hydrogen-bond acceptors (Lipinski definition) is 5. The molecule has 0 saturated carbocycles. The van der Waals surface area contributed by atoms with E-state index in [1.807, 2.05) is 6.20 Å². The van der Waals surface area contributed by atoms with Crippen molar-refractivity contribution in [1.82, 2.24) is 15.6 Å². The number of methoxy groups -OCH3 is 1. The van der Waals surface area contributed by atoms with E-state index in [-0.39, 0.29) is 11.3 Å². The highest BCUT2D eigenvalue weighted by Crippen LogP contribution is 2.29. The van der Waals surface area contributed by atoms with Crippen molar-refractivity contribution in [3.05, 3.63) is 16.1 Å². The monoisotopic (exact) mass is 297 g/mol. The Morgan fingerprint density at radius 1 is 1.55 bits per heavy atom. The number of piperidine rings is 1. The molecule has 1 saturated heterocycles. The third-order valence-electron chi connectivity index (χ3n) is 3.81. The molecule has 1 aliphatic heterocycles. The minimum absolute atomic E-state index is 0.0918. The highest BCUT2D eigenvalue weighted by atomic mass is 32.1. The van der Waals surface area contributed by atoms with Crippen LogP contribution in [-0.4, -0.2) is 37.7 Å². The van der Waals surface area contributed by atoms with E-state index in [0.717, 1.165) is 37.4 Å². The highest BCUT2D eigenvalue weighted by molar-refractivity contribution is 7.11. The molecule has 1 amide bonds. The second kappa shape index (κ2) is 7.15. The fraction of sp³-hybridized carbons (Fsp3) is 0.714. The van der Waals surface area contributed by atoms with Crippen molar-refractivity contribution in [2.75, 3.05) is 26.8 Å². The number of nitrogens with zero attached hydrogens (tertiary/aromatic N) is 1. The summed E-state index contributed by atoms with van der Waals surface area (Å²) >= 11 is 1.66. The van der Waals surface area contributed by atoms with Crippen molar-refractivity contribution in [3.63, 3.8) is 0 Å². The van der Waals surface area contributed by atoms with Gasteiger partial charge in [-0.2, -0.15) is 0 Å². The predicted octanol–water partition coefficient (Wildman–Crippen LogP) is 1.34. The van der Waals surface area contributed by atoms with Gasteiger partial charge in [0.1, 0.15) is 5.01 Å². The fourth-order valence-corrected chi connectivity index (χ4v) is 3.36. The molecule has 0 aromatic carbocycles. The van der Waals surface area contributed by atoms with Gasteiger partial charge in [0.15, 0.2) is 0 Å². The van der Waals surface area contributed by atoms with Crippen LogP contribution >= 0.6 is 11.3 Å². The summed E-state index contributed by atoms with van der Waals surface area (Å²) < 4.78 is 5.28. The van der Waals surface area contributed by atoms with Gasteiger partial charge in [0, 0.05) is 18.2 Å². The normalized spacial score (nSPS) is 17.9. The largest absolute Gasteiger partial charge is 0.384 e. The van der Waals surface area contributed by atoms with Crippen molar-refractivity contribution in [1.29, 1.82) is 0 Å². The Bertz CT molecular complexity index is 436. The zero-order chi connectivity index (χ0) is 14.4. The maximum absolute atomic E-state index is 12.5. The van der Waals surface area contributed by atoms with Crippen LogP contribution in [0.4, 0.5) is 0 Å². The lowest BCUT2D eigenvalue weighted by molar-refractivity contribution is -0.136. The second-order valence-electron chi connectivity index (χ2n) is 5.22. The van der Waals surface area contributed by atoms with Gasteiger partial charge in [0.25, 0.3) is 0 Å². The topological polar surface area (TPSA) is 63.2 Å². The van der Waals surface area contributed by atoms with Crippen molar-refractivity contribution in [2.45, 2.75) is 32.7 Å². The Hall–Kier alpha value is -0.980. The molecular formula is C14H23N3O2S. The number of aromatic nitrogens is 1. The van der Waals surface area contributed by atoms with Crippen LogP contribution in [0, 0.1) is 5.41 Å². The number of carbonyl (C=O) groups is 1. The quantitative estimate of drug-likeness (QED) is 0.832. The summed E-state index contributed by atoms with van der Waals surface area (Å²) in [6.07, 6.45) is 4.53. The first kappa shape index (κ1) is 15.4. The van der Waals surface area contributed by atoms with E-state index >= 15 is 0 Å². The lowest BCUT2D eigenvalue weighted by Gasteiger charge is -2.35. The molecule has 1 aromatic heterocycles. The van der Waals surface area contributed by atoms with Gasteiger partial charge in [-0.3, -0.25) is 4.79 Å². The van der Waals surface area contributed by atoms with E-state index < -0.39 is 0 Å². The molecule has 112 valence electrons. The summed E-state index contributed by atoms with van der Waals surface area (Å²) in [6.45, 7) is 4.85. The Labute approximate surface area is 124 Å². The van der Waals surface area contributed by atoms with Gasteiger partial charge in [0.05, 0.1) is 18.6 Å². The minimum atomic E-state index is -0.384. The molecule has 20 heavy (non-hydrogen) atoms. The molecule has 2 N–H and O–H groups in total. The van der Waals surface area contributed by atoms with Gasteiger partial charge in [-0.25, -0.2) is 4.98 Å². The maximum atomic E-state index is 12.5. The van der Waals surface area contributed by atoms with Crippen LogP contribution in [0.15, 0.2) is 6.20 Å². The SMILES string of the molecule is CCc1cnc(CNC(=O)C2(COC)CCNCC2)s1. The van der Waals surface area contributed by atoms with E-state index in [9.17, 15) is 4.79 Å². The second-order valence-corrected chi connectivity index (χ2v) is 6.42. The van der Waals surface area contributed by atoms with E-state index in [1.54, 1.807) is 18.4 Å². The fourth-order valence-electron chi connectivity index (χ4n) is 2.56. The number of rotatable bonds is 6. The molecule has 1 aliphatic rings. The first-order valence-corrected chi connectivity index (χ1v) is 7.93. The molecule has 0 atom stereocenters. The molecule has 1 fully saturated rings. The molecule has 6 heteroatoms. The van der Waals surface area contributed by atoms with Gasteiger partial charge in [-0.05, 0) is 32.4 Å². The van der Waals surface area contributed by atoms with Gasteiger partial charge >= 0.3 is 0 Å². The molecule has 0 bridgehead atoms. The van der Waals surface area contributed by atoms with Crippen molar-refractivity contribution >= 4 is 17.2 Å². The first-order chi connectivity index (χ1) is 9.70. The summed E-state index contributed by atoms with van der Waals surface area (Å²) in [5.74, 6) is 0.0918. The van der Waals surface area contributed by atoms with Gasteiger partial charge < -0.3 is 15.4 Å². The summed E-state index contributed by atoms with van der Waals surface area (Å²) in [6, 6.07) is 0. The Morgan fingerprint density at radius 2 is 2.30 bits per heavy atom. The number of thiazole rings is 1. The van der Waals surface area contributed by atoms with Crippen LogP contribution in [0.1, 0.15) is 29.7 Å². The average molecular weight is 297 g/mol. The standard InChI is InChI=1S/C14H23N3O2S/c1-3-11-8-16-12(20-11)9-17-13(18)14(10-19-2)4-6-15-7-5-14/h8,15H,3-7,9-10H2,1-2H3,(H,17,18). The van der Waals surface area contributed by atoms with Gasteiger partial charge in [0.2, 0.25) is 5.91 Å². The van der Waals surface area contributed by atoms with Gasteiger partial charge in [-0.1, -0.05) is 6.92 Å². The smallest absolute Gasteiger partial charge is 0.228 e. The lowest BCUT2D eigenvalue weighted by Crippen LogP contribution is -2.49. The minimum Gasteiger partial charge on any atom is -0.384 e. The van der Waals surface area contributed by atoms with Gasteiger partial charge in [-0.15, -0.1) is 11.3 Å². The van der Waals surface area contributed by atoms with E-state index in [1.165, 1.54) is 4.88 Å². The van der Waals surface area contributed by atoms with Crippen LogP contribution in [0.2, 0.25) is 0 Å². The number of aryl methyl sites for hydroxylation is 1. The van der Waals surface area contributed by atoms with E-state index in [2.05, 4.69) is 22.5 Å². The zero-order valence-corrected chi connectivity index (χ0v) is 13.0. The molecule has 0 radical (unpaired) electrons. The van der Waals surface area contributed by atoms with Crippen molar-refractivity contribution in [3.8, 4) is 0 Å². The zero-order valence-electron chi connectivity index (χ0n) is 12.2. The highest BCUT2D eigenvalue weighted by Gasteiger charge is 2.39. The molecule has 1 aromatic rings. The Morgan fingerprint density at radius 3 is 2.90 bits per heavy atom. The summed E-state index contributed by atoms with van der Waals surface area (Å²) in [4.78, 5) is 18.1. The van der Waals surface area contributed by atoms with Crippen LogP contribution in [0.5, 0.6) is 0 Å². The summed E-state index contributed by atoms with van der Waals surface area (Å²) in [5.41, 5.74) is -0.384. The Kier molecular flexibility index (Phi) is 5.51. The first-order valence-electron chi connectivity index (χ1n) is 7.12. The number of nitrogens with one attached hydrogen (secondary N) is 2. The molecule has 0 spiro atoms. The van der Waals surface area contributed by atoms with Crippen molar-refractivity contribution < 1.29 is 9.53 Å². The molecule has 5 nitrogen and oxygen atoms in total. The number of carbonyl (C=O) groups excluding carboxylic acids is 1. The summed E-state index contributed by atoms with van der Waals surface area (Å²) in [7, 11) is 1.66. The maximum Gasteiger partial charge on any atom is 0.228 e. The van der Waals surface area contributed by atoms with Crippen LogP contribution in [-0.2, 0) is 22.5 Å². The molecule has 0 aliphatic carbocycles. The predicted molar refractivity (Wildman–Crippen MR) is 79.8 cm³/mol. The lowest BCUT2D eigenvalue weighted by atomic mass is 9.78. The Balaban J connectivity index is 1.94. The molecular weight excluding hydrogens is 274 g/mol. The number of ether oxygens (including phenoxy) is 1. The average Bonchev–Trinajstić information content (AvgIpc) is 2.94. The van der Waals surface area contributed by atoms with Crippen LogP contribution in [0.25, 0.3) is 0 Å². The molecule has 0 unspecified atom stereocenters. The van der Waals surface area contributed by atoms with E-state index in [0.29, 0.717) is 13.2 Å². The number of hydrogen-bond donors (Lipinski definition) is 2. The molecule has 2 heterocycles. The van der Waals surface area contributed by atoms with Crippen LogP contribution < -0.4 is 10.6 Å². The van der Waals surface area contributed by atoms with Crippen molar-refractivity contribution in [2.24, 2.45) is 5.41 Å².